The fraction of sp³-hybridized carbons (Fsp3) is 0.846. The van der Waals surface area contributed by atoms with Gasteiger partial charge in [-0.25, -0.2) is 0 Å². The third-order valence-corrected chi connectivity index (χ3v) is 2.69. The molecule has 0 saturated heterocycles. The van der Waals surface area contributed by atoms with Gasteiger partial charge in [-0.2, -0.15) is 0 Å². The molecule has 0 aromatic rings. The van der Waals surface area contributed by atoms with Crippen LogP contribution in [0.5, 0.6) is 0 Å². The molecular formula is C13H24NO2. The lowest BCUT2D eigenvalue weighted by Gasteiger charge is -2.16. The fourth-order valence-corrected chi connectivity index (χ4v) is 1.54. The summed E-state index contributed by atoms with van der Waals surface area (Å²) in [5.41, 5.74) is 0. The highest BCUT2D eigenvalue weighted by molar-refractivity contribution is 5.75. The van der Waals surface area contributed by atoms with Crippen LogP contribution in [0.2, 0.25) is 0 Å². The van der Waals surface area contributed by atoms with E-state index in [9.17, 15) is 9.59 Å². The van der Waals surface area contributed by atoms with E-state index in [1.165, 1.54) is 0 Å². The van der Waals surface area contributed by atoms with Crippen molar-refractivity contribution in [2.24, 2.45) is 0 Å². The summed E-state index contributed by atoms with van der Waals surface area (Å²) < 4.78 is 0. The number of carbonyl (C=O) groups excluding carboxylic acids is 2. The van der Waals surface area contributed by atoms with Crippen molar-refractivity contribution in [2.75, 3.05) is 13.6 Å². The Balaban J connectivity index is 3.38. The van der Waals surface area contributed by atoms with Crippen LogP contribution >= 0.6 is 0 Å². The second-order valence-corrected chi connectivity index (χ2v) is 4.23. The van der Waals surface area contributed by atoms with E-state index in [0.29, 0.717) is 12.8 Å². The topological polar surface area (TPSA) is 37.4 Å². The van der Waals surface area contributed by atoms with Gasteiger partial charge >= 0.3 is 0 Å². The van der Waals surface area contributed by atoms with E-state index in [0.717, 1.165) is 45.1 Å². The number of nitrogens with zero attached hydrogens (tertiary/aromatic N) is 1. The van der Waals surface area contributed by atoms with Gasteiger partial charge in [0, 0.05) is 26.4 Å². The Morgan fingerprint density at radius 3 is 2.44 bits per heavy atom. The van der Waals surface area contributed by atoms with E-state index in [2.05, 4.69) is 6.92 Å². The van der Waals surface area contributed by atoms with Crippen LogP contribution in [0.1, 0.15) is 58.3 Å². The molecule has 16 heavy (non-hydrogen) atoms. The van der Waals surface area contributed by atoms with Crippen LogP contribution in [-0.2, 0) is 9.59 Å². The van der Waals surface area contributed by atoms with Crippen LogP contribution in [0.15, 0.2) is 0 Å². The summed E-state index contributed by atoms with van der Waals surface area (Å²) in [5, 5.41) is 0. The molecule has 3 heteroatoms. The van der Waals surface area contributed by atoms with E-state index >= 15 is 0 Å². The summed E-state index contributed by atoms with van der Waals surface area (Å²) >= 11 is 0. The number of carbonyl (C=O) groups is 1. The largest absolute Gasteiger partial charge is 0.346 e. The Bertz CT molecular complexity index is 192. The maximum absolute atomic E-state index is 11.6. The molecule has 0 unspecified atom stereocenters. The molecule has 0 N–H and O–H groups in total. The second-order valence-electron chi connectivity index (χ2n) is 4.23. The van der Waals surface area contributed by atoms with Gasteiger partial charge in [-0.15, -0.1) is 0 Å². The van der Waals surface area contributed by atoms with Crippen molar-refractivity contribution in [2.45, 2.75) is 58.3 Å². The summed E-state index contributed by atoms with van der Waals surface area (Å²) in [7, 11) is 1.87. The molecule has 0 aromatic heterocycles. The SMILES string of the molecule is CCCCN(C)C(=O)CCCCCC[C]=O. The van der Waals surface area contributed by atoms with Crippen molar-refractivity contribution in [3.8, 4) is 0 Å². The molecule has 93 valence electrons. The molecule has 0 aliphatic carbocycles. The first-order valence-electron chi connectivity index (χ1n) is 6.31. The van der Waals surface area contributed by atoms with Gasteiger partial charge in [0.2, 0.25) is 5.91 Å². The monoisotopic (exact) mass is 226 g/mol. The van der Waals surface area contributed by atoms with Gasteiger partial charge in [0.1, 0.15) is 0 Å². The fourth-order valence-electron chi connectivity index (χ4n) is 1.54. The Morgan fingerprint density at radius 2 is 1.81 bits per heavy atom. The molecule has 0 saturated carbocycles. The van der Waals surface area contributed by atoms with Crippen LogP contribution < -0.4 is 0 Å². The summed E-state index contributed by atoms with van der Waals surface area (Å²) in [4.78, 5) is 23.4. The van der Waals surface area contributed by atoms with Gasteiger partial charge in [0.25, 0.3) is 0 Å². The Labute approximate surface area is 99.2 Å². The number of hydrogen-bond donors (Lipinski definition) is 0. The molecular weight excluding hydrogens is 202 g/mol. The zero-order chi connectivity index (χ0) is 12.2. The summed E-state index contributed by atoms with van der Waals surface area (Å²) in [5.74, 6) is 0.246. The second kappa shape index (κ2) is 10.7. The zero-order valence-electron chi connectivity index (χ0n) is 10.6. The van der Waals surface area contributed by atoms with Crippen molar-refractivity contribution >= 4 is 12.2 Å². The highest BCUT2D eigenvalue weighted by Gasteiger charge is 2.06. The van der Waals surface area contributed by atoms with Crippen LogP contribution in [-0.4, -0.2) is 30.7 Å². The summed E-state index contributed by atoms with van der Waals surface area (Å²) in [6, 6.07) is 0. The smallest absolute Gasteiger partial charge is 0.222 e. The zero-order valence-corrected chi connectivity index (χ0v) is 10.6. The number of unbranched alkanes of at least 4 members (excludes halogenated alkanes) is 5. The molecule has 1 amide bonds. The van der Waals surface area contributed by atoms with Crippen molar-refractivity contribution in [1.29, 1.82) is 0 Å². The standard InChI is InChI=1S/C13H24NO2/c1-3-4-11-14(2)13(16)10-8-6-5-7-9-12-15/h3-11H2,1-2H3. The minimum absolute atomic E-state index is 0.246. The Hall–Kier alpha value is -0.860. The number of amides is 1. The quantitative estimate of drug-likeness (QED) is 0.537. The average Bonchev–Trinajstić information content (AvgIpc) is 2.30. The Kier molecular flexibility index (Phi) is 10.1. The molecule has 0 fully saturated rings. The van der Waals surface area contributed by atoms with Gasteiger partial charge in [0.15, 0.2) is 6.29 Å². The summed E-state index contributed by atoms with van der Waals surface area (Å²) in [6.07, 6.45) is 9.18. The van der Waals surface area contributed by atoms with Gasteiger partial charge in [-0.3, -0.25) is 9.59 Å². The molecule has 0 aliphatic rings. The van der Waals surface area contributed by atoms with Gasteiger partial charge in [-0.05, 0) is 19.3 Å². The lowest BCUT2D eigenvalue weighted by molar-refractivity contribution is -0.130. The molecule has 0 spiro atoms. The molecule has 0 bridgehead atoms. The van der Waals surface area contributed by atoms with Crippen LogP contribution in [0, 0.1) is 0 Å². The van der Waals surface area contributed by atoms with E-state index in [1.54, 1.807) is 0 Å². The molecule has 3 nitrogen and oxygen atoms in total. The van der Waals surface area contributed by atoms with Crippen LogP contribution in [0.4, 0.5) is 0 Å². The first kappa shape index (κ1) is 15.1. The van der Waals surface area contributed by atoms with Crippen LogP contribution in [0.3, 0.4) is 0 Å². The van der Waals surface area contributed by atoms with Crippen molar-refractivity contribution in [1.82, 2.24) is 4.90 Å². The highest BCUT2D eigenvalue weighted by Crippen LogP contribution is 2.06. The Morgan fingerprint density at radius 1 is 1.12 bits per heavy atom. The highest BCUT2D eigenvalue weighted by atomic mass is 16.2. The van der Waals surface area contributed by atoms with Gasteiger partial charge < -0.3 is 4.90 Å². The van der Waals surface area contributed by atoms with E-state index in [1.807, 2.05) is 18.2 Å². The van der Waals surface area contributed by atoms with E-state index in [4.69, 9.17) is 0 Å². The summed E-state index contributed by atoms with van der Waals surface area (Å²) in [6.45, 7) is 3.00. The third-order valence-electron chi connectivity index (χ3n) is 2.69. The predicted molar refractivity (Wildman–Crippen MR) is 65.9 cm³/mol. The molecule has 0 aliphatic heterocycles. The lowest BCUT2D eigenvalue weighted by atomic mass is 10.1. The van der Waals surface area contributed by atoms with E-state index < -0.39 is 0 Å². The normalized spacial score (nSPS) is 10.1. The van der Waals surface area contributed by atoms with Crippen molar-refractivity contribution < 1.29 is 9.59 Å². The predicted octanol–water partition coefficient (Wildman–Crippen LogP) is 2.70. The van der Waals surface area contributed by atoms with E-state index in [-0.39, 0.29) is 5.91 Å². The molecule has 0 atom stereocenters. The lowest BCUT2D eigenvalue weighted by Crippen LogP contribution is -2.27. The van der Waals surface area contributed by atoms with Gasteiger partial charge in [-0.1, -0.05) is 26.2 Å². The average molecular weight is 226 g/mol. The third kappa shape index (κ3) is 8.45. The van der Waals surface area contributed by atoms with Gasteiger partial charge in [0.05, 0.1) is 0 Å². The molecule has 0 rings (SSSR count). The first-order chi connectivity index (χ1) is 7.72. The van der Waals surface area contributed by atoms with Crippen LogP contribution in [0.25, 0.3) is 0 Å². The number of rotatable bonds is 10. The van der Waals surface area contributed by atoms with Crippen molar-refractivity contribution in [3.05, 3.63) is 0 Å². The maximum Gasteiger partial charge on any atom is 0.222 e. The van der Waals surface area contributed by atoms with Crippen molar-refractivity contribution in [3.63, 3.8) is 0 Å². The first-order valence-corrected chi connectivity index (χ1v) is 6.31. The molecule has 1 radical (unpaired) electrons. The minimum Gasteiger partial charge on any atom is -0.346 e. The maximum atomic E-state index is 11.6. The number of hydrogen-bond acceptors (Lipinski definition) is 2. The minimum atomic E-state index is 0.246. The molecule has 0 heterocycles. The molecule has 0 aromatic carbocycles.